The SMILES string of the molecule is CN1CCCC(c2ccnc(C3COCCN3)n2)C1. The van der Waals surface area contributed by atoms with E-state index < -0.39 is 0 Å². The van der Waals surface area contributed by atoms with Gasteiger partial charge in [-0.1, -0.05) is 0 Å². The number of hydrogen-bond acceptors (Lipinski definition) is 5. The number of aromatic nitrogens is 2. The molecule has 19 heavy (non-hydrogen) atoms. The molecule has 2 fully saturated rings. The topological polar surface area (TPSA) is 50.3 Å². The van der Waals surface area contributed by atoms with Gasteiger partial charge in [0, 0.05) is 30.9 Å². The molecule has 3 rings (SSSR count). The van der Waals surface area contributed by atoms with Crippen LogP contribution in [0.3, 0.4) is 0 Å². The van der Waals surface area contributed by atoms with Gasteiger partial charge in [0.15, 0.2) is 0 Å². The first-order valence-corrected chi connectivity index (χ1v) is 7.15. The molecule has 1 aromatic rings. The van der Waals surface area contributed by atoms with Crippen molar-refractivity contribution in [3.05, 3.63) is 23.8 Å². The van der Waals surface area contributed by atoms with Gasteiger partial charge < -0.3 is 15.0 Å². The Bertz CT molecular complexity index is 420. The van der Waals surface area contributed by atoms with Crippen molar-refractivity contribution < 1.29 is 4.74 Å². The number of piperidine rings is 1. The van der Waals surface area contributed by atoms with Gasteiger partial charge in [-0.3, -0.25) is 0 Å². The Morgan fingerprint density at radius 2 is 2.42 bits per heavy atom. The number of nitrogens with zero attached hydrogens (tertiary/aromatic N) is 3. The van der Waals surface area contributed by atoms with Crippen LogP contribution in [-0.4, -0.2) is 54.8 Å². The van der Waals surface area contributed by atoms with E-state index in [0.717, 1.165) is 25.5 Å². The fourth-order valence-corrected chi connectivity index (χ4v) is 2.92. The van der Waals surface area contributed by atoms with Crippen molar-refractivity contribution in [2.24, 2.45) is 0 Å². The summed E-state index contributed by atoms with van der Waals surface area (Å²) in [4.78, 5) is 11.6. The average Bonchev–Trinajstić information content (AvgIpc) is 2.48. The molecule has 5 heteroatoms. The van der Waals surface area contributed by atoms with Crippen molar-refractivity contribution in [2.75, 3.05) is 39.9 Å². The first kappa shape index (κ1) is 13.0. The van der Waals surface area contributed by atoms with Crippen molar-refractivity contribution in [3.63, 3.8) is 0 Å². The Balaban J connectivity index is 1.75. The summed E-state index contributed by atoms with van der Waals surface area (Å²) in [5.41, 5.74) is 1.18. The van der Waals surface area contributed by atoms with E-state index in [0.29, 0.717) is 12.5 Å². The molecule has 0 aromatic carbocycles. The van der Waals surface area contributed by atoms with E-state index in [1.165, 1.54) is 25.1 Å². The highest BCUT2D eigenvalue weighted by Gasteiger charge is 2.23. The highest BCUT2D eigenvalue weighted by molar-refractivity contribution is 5.12. The number of ether oxygens (including phenoxy) is 1. The van der Waals surface area contributed by atoms with Gasteiger partial charge in [0.1, 0.15) is 5.82 Å². The fraction of sp³-hybridized carbons (Fsp3) is 0.714. The molecular weight excluding hydrogens is 240 g/mol. The van der Waals surface area contributed by atoms with Crippen molar-refractivity contribution in [1.29, 1.82) is 0 Å². The van der Waals surface area contributed by atoms with Crippen LogP contribution < -0.4 is 5.32 Å². The minimum absolute atomic E-state index is 0.148. The number of likely N-dealkylation sites (N-methyl/N-ethyl adjacent to an activating group) is 1. The van der Waals surface area contributed by atoms with Crippen LogP contribution in [0.1, 0.15) is 36.3 Å². The molecule has 2 aliphatic heterocycles. The first-order valence-electron chi connectivity index (χ1n) is 7.15. The Labute approximate surface area is 114 Å². The molecule has 0 amide bonds. The summed E-state index contributed by atoms with van der Waals surface area (Å²) < 4.78 is 5.49. The second kappa shape index (κ2) is 5.94. The van der Waals surface area contributed by atoms with E-state index in [-0.39, 0.29) is 6.04 Å². The van der Waals surface area contributed by atoms with Gasteiger partial charge in [-0.25, -0.2) is 9.97 Å². The van der Waals surface area contributed by atoms with Gasteiger partial charge in [-0.2, -0.15) is 0 Å². The summed E-state index contributed by atoms with van der Waals surface area (Å²) in [6.45, 7) is 4.64. The van der Waals surface area contributed by atoms with E-state index in [2.05, 4.69) is 28.3 Å². The van der Waals surface area contributed by atoms with Gasteiger partial charge >= 0.3 is 0 Å². The lowest BCUT2D eigenvalue weighted by Crippen LogP contribution is -2.36. The Morgan fingerprint density at radius 3 is 3.21 bits per heavy atom. The van der Waals surface area contributed by atoms with Crippen LogP contribution in [-0.2, 0) is 4.74 Å². The molecule has 0 saturated carbocycles. The molecule has 0 bridgehead atoms. The number of hydrogen-bond donors (Lipinski definition) is 1. The van der Waals surface area contributed by atoms with Gasteiger partial charge in [0.05, 0.1) is 19.3 Å². The normalized spacial score (nSPS) is 29.3. The van der Waals surface area contributed by atoms with Crippen molar-refractivity contribution in [1.82, 2.24) is 20.2 Å². The standard InChI is InChI=1S/C14H22N4O/c1-18-7-2-3-11(9-18)12-4-5-16-14(17-12)13-10-19-8-6-15-13/h4-5,11,13,15H,2-3,6-10H2,1H3. The zero-order chi connectivity index (χ0) is 13.1. The maximum Gasteiger partial charge on any atom is 0.147 e. The molecule has 0 aliphatic carbocycles. The second-order valence-electron chi connectivity index (χ2n) is 5.52. The number of nitrogens with one attached hydrogen (secondary N) is 1. The number of likely N-dealkylation sites (tertiary alicyclic amines) is 1. The Kier molecular flexibility index (Phi) is 4.06. The van der Waals surface area contributed by atoms with Gasteiger partial charge in [0.2, 0.25) is 0 Å². The van der Waals surface area contributed by atoms with Crippen LogP contribution in [0.5, 0.6) is 0 Å². The minimum atomic E-state index is 0.148. The van der Waals surface area contributed by atoms with Crippen molar-refractivity contribution in [2.45, 2.75) is 24.8 Å². The summed E-state index contributed by atoms with van der Waals surface area (Å²) in [6.07, 6.45) is 4.38. The third kappa shape index (κ3) is 3.11. The lowest BCUT2D eigenvalue weighted by molar-refractivity contribution is 0.0740. The van der Waals surface area contributed by atoms with E-state index >= 15 is 0 Å². The van der Waals surface area contributed by atoms with E-state index in [9.17, 15) is 0 Å². The van der Waals surface area contributed by atoms with Crippen LogP contribution in [0, 0.1) is 0 Å². The summed E-state index contributed by atoms with van der Waals surface area (Å²) in [5, 5.41) is 3.41. The predicted molar refractivity (Wildman–Crippen MR) is 73.1 cm³/mol. The number of morpholine rings is 1. The zero-order valence-corrected chi connectivity index (χ0v) is 11.5. The maximum absolute atomic E-state index is 5.49. The molecule has 1 aromatic heterocycles. The lowest BCUT2D eigenvalue weighted by atomic mass is 9.95. The highest BCUT2D eigenvalue weighted by atomic mass is 16.5. The Morgan fingerprint density at radius 1 is 1.47 bits per heavy atom. The molecule has 2 unspecified atom stereocenters. The predicted octanol–water partition coefficient (Wildman–Crippen LogP) is 0.947. The first-order chi connectivity index (χ1) is 9.33. The van der Waals surface area contributed by atoms with Gasteiger partial charge in [-0.05, 0) is 32.5 Å². The average molecular weight is 262 g/mol. The summed E-state index contributed by atoms with van der Waals surface area (Å²) >= 11 is 0. The van der Waals surface area contributed by atoms with Gasteiger partial charge in [-0.15, -0.1) is 0 Å². The van der Waals surface area contributed by atoms with E-state index in [4.69, 9.17) is 9.72 Å². The molecule has 0 spiro atoms. The molecule has 104 valence electrons. The largest absolute Gasteiger partial charge is 0.378 e. The third-order valence-electron chi connectivity index (χ3n) is 3.97. The van der Waals surface area contributed by atoms with Crippen LogP contribution in [0.25, 0.3) is 0 Å². The summed E-state index contributed by atoms with van der Waals surface area (Å²) in [5.74, 6) is 1.43. The van der Waals surface area contributed by atoms with E-state index in [1.807, 2.05) is 6.20 Å². The molecule has 2 aliphatic rings. The Hall–Kier alpha value is -1.04. The lowest BCUT2D eigenvalue weighted by Gasteiger charge is -2.30. The molecule has 2 saturated heterocycles. The van der Waals surface area contributed by atoms with Crippen LogP contribution in [0.4, 0.5) is 0 Å². The highest BCUT2D eigenvalue weighted by Crippen LogP contribution is 2.25. The fourth-order valence-electron chi connectivity index (χ4n) is 2.92. The van der Waals surface area contributed by atoms with Crippen molar-refractivity contribution in [3.8, 4) is 0 Å². The molecule has 2 atom stereocenters. The van der Waals surface area contributed by atoms with E-state index in [1.54, 1.807) is 0 Å². The minimum Gasteiger partial charge on any atom is -0.378 e. The van der Waals surface area contributed by atoms with Crippen LogP contribution in [0.2, 0.25) is 0 Å². The maximum atomic E-state index is 5.49. The third-order valence-corrected chi connectivity index (χ3v) is 3.97. The van der Waals surface area contributed by atoms with Crippen LogP contribution in [0.15, 0.2) is 12.3 Å². The van der Waals surface area contributed by atoms with Crippen molar-refractivity contribution >= 4 is 0 Å². The molecule has 3 heterocycles. The molecular formula is C14H22N4O. The number of rotatable bonds is 2. The summed E-state index contributed by atoms with van der Waals surface area (Å²) in [7, 11) is 2.19. The molecule has 5 nitrogen and oxygen atoms in total. The van der Waals surface area contributed by atoms with Crippen LogP contribution >= 0.6 is 0 Å². The summed E-state index contributed by atoms with van der Waals surface area (Å²) in [6, 6.07) is 2.21. The second-order valence-corrected chi connectivity index (χ2v) is 5.52. The quantitative estimate of drug-likeness (QED) is 0.860. The van der Waals surface area contributed by atoms with Gasteiger partial charge in [0.25, 0.3) is 0 Å². The monoisotopic (exact) mass is 262 g/mol. The molecule has 1 N–H and O–H groups in total. The zero-order valence-electron chi connectivity index (χ0n) is 11.5. The molecule has 0 radical (unpaired) electrons. The smallest absolute Gasteiger partial charge is 0.147 e.